The Balaban J connectivity index is 1.97. The van der Waals surface area contributed by atoms with Crippen LogP contribution in [0, 0.1) is 0 Å². The number of amides is 1. The molecule has 0 atom stereocenters. The van der Waals surface area contributed by atoms with E-state index in [2.05, 4.69) is 15.3 Å². The molecule has 2 aromatic carbocycles. The minimum Gasteiger partial charge on any atom is -0.493 e. The molecule has 29 heavy (non-hydrogen) atoms. The highest BCUT2D eigenvalue weighted by molar-refractivity contribution is 5.89. The second-order valence-electron chi connectivity index (χ2n) is 6.34. The van der Waals surface area contributed by atoms with Crippen LogP contribution in [0.25, 0.3) is 5.69 Å². The molecule has 0 saturated heterocycles. The smallest absolute Gasteiger partial charge is 0.335 e. The molecule has 3 aromatic rings. The number of aryl methyl sites for hydroxylation is 1. The fraction of sp³-hybridized carbons (Fsp3) is 0.143. The lowest BCUT2D eigenvalue weighted by molar-refractivity contribution is -0.114. The molecule has 0 aliphatic heterocycles. The summed E-state index contributed by atoms with van der Waals surface area (Å²) in [4.78, 5) is 41.8. The van der Waals surface area contributed by atoms with E-state index in [0.717, 1.165) is 16.6 Å². The number of carbonyl (C=O) groups excluding carboxylic acids is 1. The molecule has 0 aliphatic carbocycles. The molecule has 8 nitrogen and oxygen atoms in total. The maximum Gasteiger partial charge on any atom is 0.335 e. The van der Waals surface area contributed by atoms with E-state index in [1.165, 1.54) is 13.1 Å². The van der Waals surface area contributed by atoms with Gasteiger partial charge >= 0.3 is 5.69 Å². The second kappa shape index (κ2) is 8.39. The molecule has 0 unspecified atom stereocenters. The molecule has 1 heterocycles. The first-order valence-corrected chi connectivity index (χ1v) is 8.98. The molecule has 0 saturated carbocycles. The first-order chi connectivity index (χ1) is 13.9. The SMILES string of the molecule is CCc1ccc(-n2c(O)c(C=Nc3ccc(NC(C)=O)cc3)c(=O)[nH]c2=O)cc1. The van der Waals surface area contributed by atoms with Crippen LogP contribution < -0.4 is 16.6 Å². The molecule has 148 valence electrons. The van der Waals surface area contributed by atoms with Crippen molar-refractivity contribution >= 4 is 23.5 Å². The Morgan fingerprint density at radius 2 is 1.79 bits per heavy atom. The van der Waals surface area contributed by atoms with Crippen LogP contribution in [0.15, 0.2) is 63.1 Å². The largest absolute Gasteiger partial charge is 0.493 e. The molecule has 0 spiro atoms. The zero-order chi connectivity index (χ0) is 21.0. The van der Waals surface area contributed by atoms with Crippen molar-refractivity contribution in [2.24, 2.45) is 4.99 Å². The lowest BCUT2D eigenvalue weighted by Crippen LogP contribution is -2.31. The lowest BCUT2D eigenvalue weighted by Gasteiger charge is -2.10. The van der Waals surface area contributed by atoms with Gasteiger partial charge in [0.15, 0.2) is 0 Å². The van der Waals surface area contributed by atoms with Gasteiger partial charge in [0.1, 0.15) is 5.56 Å². The van der Waals surface area contributed by atoms with Crippen molar-refractivity contribution in [1.29, 1.82) is 0 Å². The molecular weight excluding hydrogens is 372 g/mol. The van der Waals surface area contributed by atoms with E-state index < -0.39 is 17.1 Å². The van der Waals surface area contributed by atoms with Crippen molar-refractivity contribution < 1.29 is 9.90 Å². The zero-order valence-electron chi connectivity index (χ0n) is 16.0. The number of aromatic amines is 1. The molecule has 0 fully saturated rings. The average molecular weight is 392 g/mol. The molecule has 3 rings (SSSR count). The number of anilines is 1. The van der Waals surface area contributed by atoms with Gasteiger partial charge in [-0.25, -0.2) is 9.36 Å². The number of hydrogen-bond acceptors (Lipinski definition) is 5. The fourth-order valence-corrected chi connectivity index (χ4v) is 2.75. The van der Waals surface area contributed by atoms with Gasteiger partial charge < -0.3 is 10.4 Å². The molecular formula is C21H20N4O4. The summed E-state index contributed by atoms with van der Waals surface area (Å²) in [7, 11) is 0. The number of rotatable bonds is 5. The minimum atomic E-state index is -0.743. The maximum atomic E-state index is 12.2. The highest BCUT2D eigenvalue weighted by Gasteiger charge is 2.14. The monoisotopic (exact) mass is 392 g/mol. The Morgan fingerprint density at radius 3 is 2.38 bits per heavy atom. The van der Waals surface area contributed by atoms with E-state index in [9.17, 15) is 19.5 Å². The summed E-state index contributed by atoms with van der Waals surface area (Å²) in [6, 6.07) is 13.7. The van der Waals surface area contributed by atoms with Crippen molar-refractivity contribution in [2.45, 2.75) is 20.3 Å². The second-order valence-corrected chi connectivity index (χ2v) is 6.34. The van der Waals surface area contributed by atoms with E-state index in [0.29, 0.717) is 17.1 Å². The molecule has 1 amide bonds. The maximum absolute atomic E-state index is 12.2. The summed E-state index contributed by atoms with van der Waals surface area (Å²) in [6.45, 7) is 3.42. The predicted molar refractivity (Wildman–Crippen MR) is 112 cm³/mol. The van der Waals surface area contributed by atoms with Gasteiger partial charge in [-0.1, -0.05) is 19.1 Å². The van der Waals surface area contributed by atoms with Gasteiger partial charge in [0.05, 0.1) is 11.4 Å². The standard InChI is InChI=1S/C21H20N4O4/c1-3-14-4-10-17(11-5-14)25-20(28)18(19(27)24-21(25)29)12-22-15-6-8-16(9-7-15)23-13(2)26/h4-12,28H,3H2,1-2H3,(H,23,26)(H,24,27,29). The number of aromatic hydroxyl groups is 1. The van der Waals surface area contributed by atoms with E-state index in [1.807, 2.05) is 19.1 Å². The minimum absolute atomic E-state index is 0.143. The van der Waals surface area contributed by atoms with Gasteiger partial charge in [0.2, 0.25) is 11.8 Å². The van der Waals surface area contributed by atoms with Crippen LogP contribution in [0.4, 0.5) is 11.4 Å². The number of carbonyl (C=O) groups is 1. The van der Waals surface area contributed by atoms with Crippen molar-refractivity contribution in [1.82, 2.24) is 9.55 Å². The van der Waals surface area contributed by atoms with Crippen LogP contribution in [-0.4, -0.2) is 26.8 Å². The summed E-state index contributed by atoms with van der Waals surface area (Å²) in [6.07, 6.45) is 2.03. The summed E-state index contributed by atoms with van der Waals surface area (Å²) in [5.74, 6) is -0.687. The highest BCUT2D eigenvalue weighted by Crippen LogP contribution is 2.19. The van der Waals surface area contributed by atoms with Gasteiger partial charge in [0, 0.05) is 18.8 Å². The summed E-state index contributed by atoms with van der Waals surface area (Å²) in [5, 5.41) is 13.2. The summed E-state index contributed by atoms with van der Waals surface area (Å²) in [5.41, 5.74) is 0.992. The van der Waals surface area contributed by atoms with Crippen molar-refractivity contribution in [3.8, 4) is 11.6 Å². The molecule has 8 heteroatoms. The van der Waals surface area contributed by atoms with E-state index in [-0.39, 0.29) is 11.5 Å². The van der Waals surface area contributed by atoms with Crippen LogP contribution >= 0.6 is 0 Å². The number of hydrogen-bond donors (Lipinski definition) is 3. The van der Waals surface area contributed by atoms with Gasteiger partial charge in [-0.2, -0.15) is 0 Å². The van der Waals surface area contributed by atoms with Crippen LogP contribution in [0.2, 0.25) is 0 Å². The summed E-state index contributed by atoms with van der Waals surface area (Å²) < 4.78 is 1.02. The van der Waals surface area contributed by atoms with Crippen molar-refractivity contribution in [3.63, 3.8) is 0 Å². The molecule has 0 radical (unpaired) electrons. The summed E-state index contributed by atoms with van der Waals surface area (Å²) >= 11 is 0. The number of nitrogens with zero attached hydrogens (tertiary/aromatic N) is 2. The number of aliphatic imine (C=N–C) groups is 1. The Morgan fingerprint density at radius 1 is 1.14 bits per heavy atom. The van der Waals surface area contributed by atoms with Crippen LogP contribution in [-0.2, 0) is 11.2 Å². The van der Waals surface area contributed by atoms with Crippen molar-refractivity contribution in [2.75, 3.05) is 5.32 Å². The highest BCUT2D eigenvalue weighted by atomic mass is 16.3. The number of nitrogens with one attached hydrogen (secondary N) is 2. The molecule has 0 aliphatic rings. The Labute approximate surface area is 166 Å². The lowest BCUT2D eigenvalue weighted by atomic mass is 10.1. The van der Waals surface area contributed by atoms with Gasteiger partial charge in [-0.15, -0.1) is 0 Å². The van der Waals surface area contributed by atoms with Crippen LogP contribution in [0.5, 0.6) is 5.88 Å². The first-order valence-electron chi connectivity index (χ1n) is 8.98. The third-order valence-corrected chi connectivity index (χ3v) is 4.25. The molecule has 1 aromatic heterocycles. The third kappa shape index (κ3) is 4.49. The average Bonchev–Trinajstić information content (AvgIpc) is 2.69. The van der Waals surface area contributed by atoms with Gasteiger partial charge in [0.25, 0.3) is 5.56 Å². The zero-order valence-corrected chi connectivity index (χ0v) is 16.0. The third-order valence-electron chi connectivity index (χ3n) is 4.25. The number of aromatic nitrogens is 2. The Hall–Kier alpha value is -3.94. The van der Waals surface area contributed by atoms with E-state index >= 15 is 0 Å². The Bertz CT molecular complexity index is 1170. The topological polar surface area (TPSA) is 117 Å². The van der Waals surface area contributed by atoms with E-state index in [1.54, 1.807) is 36.4 Å². The molecule has 0 bridgehead atoms. The Kier molecular flexibility index (Phi) is 5.73. The van der Waals surface area contributed by atoms with Gasteiger partial charge in [-0.3, -0.25) is 19.6 Å². The number of H-pyrrole nitrogens is 1. The predicted octanol–water partition coefficient (Wildman–Crippen LogP) is 2.50. The van der Waals surface area contributed by atoms with E-state index in [4.69, 9.17) is 0 Å². The normalized spacial score (nSPS) is 11.0. The van der Waals surface area contributed by atoms with Gasteiger partial charge in [-0.05, 0) is 48.4 Å². The fourth-order valence-electron chi connectivity index (χ4n) is 2.75. The number of benzene rings is 2. The first kappa shape index (κ1) is 19.8. The van der Waals surface area contributed by atoms with Crippen LogP contribution in [0.3, 0.4) is 0 Å². The van der Waals surface area contributed by atoms with Crippen LogP contribution in [0.1, 0.15) is 25.0 Å². The quantitative estimate of drug-likeness (QED) is 0.578. The molecule has 3 N–H and O–H groups in total. The van der Waals surface area contributed by atoms with Crippen molar-refractivity contribution in [3.05, 3.63) is 80.5 Å².